The average Bonchev–Trinajstić information content (AvgIpc) is 3.30. The molecule has 10 heteroatoms. The van der Waals surface area contributed by atoms with E-state index in [1.807, 2.05) is 0 Å². The molecule has 4 rings (SSSR count). The second kappa shape index (κ2) is 9.73. The van der Waals surface area contributed by atoms with E-state index in [4.69, 9.17) is 15.2 Å². The molecule has 2 N–H and O–H groups in total. The molecule has 184 valence electrons. The second-order valence-electron chi connectivity index (χ2n) is 9.30. The minimum Gasteiger partial charge on any atom is -0.440 e. The van der Waals surface area contributed by atoms with Crippen LogP contribution in [0.2, 0.25) is 0 Å². The molecule has 1 spiro atoms. The number of nitrogens with zero attached hydrogens (tertiary/aromatic N) is 3. The van der Waals surface area contributed by atoms with Gasteiger partial charge in [-0.2, -0.15) is 13.2 Å². The van der Waals surface area contributed by atoms with Crippen LogP contribution in [0.3, 0.4) is 0 Å². The maximum atomic E-state index is 12.9. The van der Waals surface area contributed by atoms with Crippen LogP contribution in [0.5, 0.6) is 0 Å². The van der Waals surface area contributed by atoms with Gasteiger partial charge < -0.3 is 14.2 Å². The standard InChI is InChI=1S/C24H30F3N5OS/c1-16-20(33-15-30-16)21(28)31(2)22(29)34-12-4-11-32-10-3-9-23(14-32)13-19(23)17-5-7-18(8-6-17)24(25,26)27/h5-8,15,19,28-29H,3-4,9-14H2,1-2H3/t19-,23+/m0/s1. The number of amidine groups is 2. The molecule has 1 aromatic carbocycles. The van der Waals surface area contributed by atoms with E-state index in [0.29, 0.717) is 22.5 Å². The summed E-state index contributed by atoms with van der Waals surface area (Å²) in [6.45, 7) is 4.73. The molecule has 1 saturated heterocycles. The van der Waals surface area contributed by atoms with E-state index in [0.717, 1.165) is 56.6 Å². The van der Waals surface area contributed by atoms with Crippen molar-refractivity contribution < 1.29 is 17.6 Å². The van der Waals surface area contributed by atoms with Crippen LogP contribution in [0.15, 0.2) is 35.1 Å². The number of rotatable bonds is 6. The van der Waals surface area contributed by atoms with Gasteiger partial charge in [-0.3, -0.25) is 10.8 Å². The summed E-state index contributed by atoms with van der Waals surface area (Å²) in [6, 6.07) is 5.71. The Hall–Kier alpha value is -2.33. The van der Waals surface area contributed by atoms with Crippen LogP contribution in [0.4, 0.5) is 13.2 Å². The molecule has 2 atom stereocenters. The first-order chi connectivity index (χ1) is 16.1. The van der Waals surface area contributed by atoms with Crippen molar-refractivity contribution in [3.05, 3.63) is 53.2 Å². The van der Waals surface area contributed by atoms with Crippen molar-refractivity contribution in [3.63, 3.8) is 0 Å². The van der Waals surface area contributed by atoms with Crippen molar-refractivity contribution >= 4 is 22.8 Å². The maximum Gasteiger partial charge on any atom is 0.416 e. The Balaban J connectivity index is 1.22. The lowest BCUT2D eigenvalue weighted by molar-refractivity contribution is -0.137. The van der Waals surface area contributed by atoms with Crippen molar-refractivity contribution in [2.45, 2.75) is 44.7 Å². The lowest BCUT2D eigenvalue weighted by Gasteiger charge is -2.34. The fourth-order valence-corrected chi connectivity index (χ4v) is 5.71. The van der Waals surface area contributed by atoms with Crippen molar-refractivity contribution in [2.24, 2.45) is 5.41 Å². The molecule has 0 amide bonds. The van der Waals surface area contributed by atoms with Crippen LogP contribution in [0, 0.1) is 23.2 Å². The van der Waals surface area contributed by atoms with E-state index < -0.39 is 11.7 Å². The molecule has 1 saturated carbocycles. The number of hydrogen-bond donors (Lipinski definition) is 2. The molecule has 1 aliphatic heterocycles. The fraction of sp³-hybridized carbons (Fsp3) is 0.542. The third-order valence-electron chi connectivity index (χ3n) is 6.98. The summed E-state index contributed by atoms with van der Waals surface area (Å²) in [7, 11) is 1.68. The monoisotopic (exact) mass is 493 g/mol. The number of likely N-dealkylation sites (tertiary alicyclic amines) is 1. The van der Waals surface area contributed by atoms with Crippen molar-refractivity contribution in [3.8, 4) is 0 Å². The van der Waals surface area contributed by atoms with E-state index >= 15 is 0 Å². The Morgan fingerprint density at radius 3 is 2.68 bits per heavy atom. The predicted molar refractivity (Wildman–Crippen MR) is 128 cm³/mol. The van der Waals surface area contributed by atoms with Gasteiger partial charge in [-0.15, -0.1) is 0 Å². The normalized spacial score (nSPS) is 22.7. The van der Waals surface area contributed by atoms with Crippen LogP contribution in [-0.4, -0.2) is 58.2 Å². The lowest BCUT2D eigenvalue weighted by atomic mass is 9.89. The van der Waals surface area contributed by atoms with Crippen molar-refractivity contribution in [1.82, 2.24) is 14.8 Å². The van der Waals surface area contributed by atoms with E-state index in [-0.39, 0.29) is 11.3 Å². The minimum atomic E-state index is -4.29. The summed E-state index contributed by atoms with van der Waals surface area (Å²) in [5.41, 5.74) is 1.26. The number of thioether (sulfide) groups is 1. The third-order valence-corrected chi connectivity index (χ3v) is 8.02. The van der Waals surface area contributed by atoms with Crippen molar-refractivity contribution in [1.29, 1.82) is 10.8 Å². The van der Waals surface area contributed by atoms with Crippen molar-refractivity contribution in [2.75, 3.05) is 32.4 Å². The molecular weight excluding hydrogens is 463 g/mol. The van der Waals surface area contributed by atoms with Gasteiger partial charge in [0.05, 0.1) is 11.3 Å². The molecule has 0 unspecified atom stereocenters. The zero-order valence-corrected chi connectivity index (χ0v) is 20.2. The Bertz CT molecular complexity index is 1040. The number of alkyl halides is 3. The molecule has 0 radical (unpaired) electrons. The number of benzene rings is 1. The maximum absolute atomic E-state index is 12.9. The summed E-state index contributed by atoms with van der Waals surface area (Å²) >= 11 is 1.41. The van der Waals surface area contributed by atoms with Gasteiger partial charge in [-0.05, 0) is 74.7 Å². The highest BCUT2D eigenvalue weighted by Crippen LogP contribution is 2.63. The molecule has 34 heavy (non-hydrogen) atoms. The summed E-state index contributed by atoms with van der Waals surface area (Å²) < 4.78 is 43.8. The number of halogens is 3. The van der Waals surface area contributed by atoms with Gasteiger partial charge in [-0.25, -0.2) is 4.98 Å². The zero-order chi connectivity index (χ0) is 24.5. The number of hydrogen-bond acceptors (Lipinski definition) is 6. The van der Waals surface area contributed by atoms with Gasteiger partial charge in [0.1, 0.15) is 0 Å². The SMILES string of the molecule is Cc1ncoc1C(=N)N(C)C(=N)SCCCN1CCC[C@@]2(C[C@H]2c2ccc(C(F)(F)F)cc2)C1. The highest BCUT2D eigenvalue weighted by atomic mass is 32.2. The van der Waals surface area contributed by atoms with Gasteiger partial charge in [0, 0.05) is 19.3 Å². The number of piperidine rings is 1. The van der Waals surface area contributed by atoms with Gasteiger partial charge >= 0.3 is 6.18 Å². The number of aryl methyl sites for hydroxylation is 1. The number of oxazole rings is 1. The van der Waals surface area contributed by atoms with Gasteiger partial charge in [0.2, 0.25) is 0 Å². The van der Waals surface area contributed by atoms with Crippen LogP contribution in [-0.2, 0) is 6.18 Å². The minimum absolute atomic E-state index is 0.119. The van der Waals surface area contributed by atoms with Crippen LogP contribution < -0.4 is 0 Å². The molecule has 2 fully saturated rings. The predicted octanol–water partition coefficient (Wildman–Crippen LogP) is 5.59. The van der Waals surface area contributed by atoms with Crippen LogP contribution >= 0.6 is 11.8 Å². The fourth-order valence-electron chi connectivity index (χ4n) is 4.96. The Labute approximate surface area is 201 Å². The summed E-state index contributed by atoms with van der Waals surface area (Å²) in [6.07, 6.45) is 1.22. The van der Waals surface area contributed by atoms with E-state index in [9.17, 15) is 13.2 Å². The molecule has 6 nitrogen and oxygen atoms in total. The molecule has 2 aliphatic rings. The largest absolute Gasteiger partial charge is 0.440 e. The summed E-state index contributed by atoms with van der Waals surface area (Å²) in [5.74, 6) is 1.61. The number of nitrogens with one attached hydrogen (secondary N) is 2. The Morgan fingerprint density at radius 2 is 2.03 bits per heavy atom. The molecule has 1 aromatic heterocycles. The van der Waals surface area contributed by atoms with E-state index in [1.165, 1.54) is 35.2 Å². The summed E-state index contributed by atoms with van der Waals surface area (Å²) in [5, 5.41) is 16.8. The Morgan fingerprint density at radius 1 is 1.29 bits per heavy atom. The topological polar surface area (TPSA) is 80.2 Å². The summed E-state index contributed by atoms with van der Waals surface area (Å²) in [4.78, 5) is 7.95. The molecular formula is C24H30F3N5OS. The molecule has 2 heterocycles. The zero-order valence-electron chi connectivity index (χ0n) is 19.4. The van der Waals surface area contributed by atoms with Crippen LogP contribution in [0.25, 0.3) is 0 Å². The van der Waals surface area contributed by atoms with E-state index in [2.05, 4.69) is 9.88 Å². The second-order valence-corrected chi connectivity index (χ2v) is 10.4. The van der Waals surface area contributed by atoms with Gasteiger partial charge in [-0.1, -0.05) is 23.9 Å². The van der Waals surface area contributed by atoms with Gasteiger partial charge in [0.15, 0.2) is 23.2 Å². The first-order valence-electron chi connectivity index (χ1n) is 11.4. The average molecular weight is 494 g/mol. The lowest BCUT2D eigenvalue weighted by Crippen LogP contribution is -2.38. The Kier molecular flexibility index (Phi) is 7.09. The quantitative estimate of drug-likeness (QED) is 0.312. The molecule has 0 bridgehead atoms. The number of aromatic nitrogens is 1. The smallest absolute Gasteiger partial charge is 0.416 e. The molecule has 2 aromatic rings. The van der Waals surface area contributed by atoms with Gasteiger partial charge in [0.25, 0.3) is 0 Å². The molecule has 1 aliphatic carbocycles. The van der Waals surface area contributed by atoms with E-state index in [1.54, 1.807) is 26.1 Å². The highest BCUT2D eigenvalue weighted by Gasteiger charge is 2.55. The third kappa shape index (κ3) is 5.33. The first kappa shape index (κ1) is 24.8. The van der Waals surface area contributed by atoms with Crippen LogP contribution in [0.1, 0.15) is 54.2 Å². The first-order valence-corrected chi connectivity index (χ1v) is 12.4. The highest BCUT2D eigenvalue weighted by molar-refractivity contribution is 8.13.